The summed E-state index contributed by atoms with van der Waals surface area (Å²) in [4.78, 5) is 27.7. The van der Waals surface area contributed by atoms with Crippen molar-refractivity contribution in [3.63, 3.8) is 0 Å². The third-order valence-electron chi connectivity index (χ3n) is 4.54. The second-order valence-corrected chi connectivity index (χ2v) is 7.75. The number of aromatic nitrogens is 3. The topological polar surface area (TPSA) is 92.3 Å². The Labute approximate surface area is 182 Å². The molecule has 1 amide bonds. The molecule has 0 radical (unpaired) electrons. The van der Waals surface area contributed by atoms with Crippen molar-refractivity contribution >= 4 is 45.0 Å². The van der Waals surface area contributed by atoms with Crippen LogP contribution in [0.3, 0.4) is 0 Å². The highest BCUT2D eigenvalue weighted by atomic mass is 79.9. The molecule has 0 unspecified atom stereocenters. The average Bonchev–Trinajstić information content (AvgIpc) is 2.75. The minimum atomic E-state index is -0.221. The predicted octanol–water partition coefficient (Wildman–Crippen LogP) is 3.78. The number of benzene rings is 1. The second-order valence-electron chi connectivity index (χ2n) is 6.84. The summed E-state index contributed by atoms with van der Waals surface area (Å²) >= 11 is 3.32. The molecule has 4 rings (SSSR count). The molecule has 2 aromatic heterocycles. The van der Waals surface area contributed by atoms with Gasteiger partial charge in [0, 0.05) is 53.1 Å². The van der Waals surface area contributed by atoms with E-state index < -0.39 is 0 Å². The van der Waals surface area contributed by atoms with Crippen molar-refractivity contribution < 1.29 is 9.53 Å². The lowest BCUT2D eigenvalue weighted by Crippen LogP contribution is -2.36. The smallest absolute Gasteiger partial charge is 0.257 e. The lowest BCUT2D eigenvalue weighted by molar-refractivity contribution is 0.102. The fourth-order valence-corrected chi connectivity index (χ4v) is 3.43. The number of hydrogen-bond acceptors (Lipinski definition) is 7. The van der Waals surface area contributed by atoms with Gasteiger partial charge in [0.2, 0.25) is 5.95 Å². The number of anilines is 4. The van der Waals surface area contributed by atoms with E-state index in [0.717, 1.165) is 34.8 Å². The SMILES string of the molecule is Cc1cc(N2CCOCC2)nc(Nc2ccc(NC(=O)c3cncc(Br)c3)cc2)n1. The minimum Gasteiger partial charge on any atom is -0.378 e. The van der Waals surface area contributed by atoms with Crippen molar-refractivity contribution in [1.82, 2.24) is 15.0 Å². The van der Waals surface area contributed by atoms with Gasteiger partial charge in [-0.2, -0.15) is 4.98 Å². The number of halogens is 1. The van der Waals surface area contributed by atoms with Crippen LogP contribution in [-0.4, -0.2) is 47.2 Å². The van der Waals surface area contributed by atoms with E-state index in [2.05, 4.69) is 46.4 Å². The summed E-state index contributed by atoms with van der Waals surface area (Å²) in [5, 5.41) is 6.10. The maximum atomic E-state index is 12.3. The van der Waals surface area contributed by atoms with Gasteiger partial charge >= 0.3 is 0 Å². The normalized spacial score (nSPS) is 13.7. The molecule has 154 valence electrons. The molecular weight excluding hydrogens is 448 g/mol. The summed E-state index contributed by atoms with van der Waals surface area (Å²) in [5.74, 6) is 1.20. The maximum absolute atomic E-state index is 12.3. The molecule has 0 spiro atoms. The van der Waals surface area contributed by atoms with Crippen molar-refractivity contribution in [3.05, 3.63) is 64.5 Å². The van der Waals surface area contributed by atoms with Gasteiger partial charge in [0.15, 0.2) is 0 Å². The zero-order valence-electron chi connectivity index (χ0n) is 16.4. The Bertz CT molecular complexity index is 1040. The molecule has 1 saturated heterocycles. The highest BCUT2D eigenvalue weighted by Gasteiger charge is 2.14. The second kappa shape index (κ2) is 9.19. The number of morpholine rings is 1. The van der Waals surface area contributed by atoms with Crippen molar-refractivity contribution in [2.75, 3.05) is 41.8 Å². The fraction of sp³-hybridized carbons (Fsp3) is 0.238. The number of carbonyl (C=O) groups is 1. The van der Waals surface area contributed by atoms with E-state index in [1.165, 1.54) is 6.20 Å². The third kappa shape index (κ3) is 5.11. The highest BCUT2D eigenvalue weighted by molar-refractivity contribution is 9.10. The number of rotatable bonds is 5. The van der Waals surface area contributed by atoms with Gasteiger partial charge in [-0.15, -0.1) is 0 Å². The molecule has 0 atom stereocenters. The molecule has 30 heavy (non-hydrogen) atoms. The summed E-state index contributed by atoms with van der Waals surface area (Å²) in [6, 6.07) is 11.1. The van der Waals surface area contributed by atoms with Gasteiger partial charge in [0.1, 0.15) is 5.82 Å². The Morgan fingerprint density at radius 3 is 2.53 bits per heavy atom. The molecule has 0 saturated carbocycles. The summed E-state index contributed by atoms with van der Waals surface area (Å²) in [6.07, 6.45) is 3.16. The number of nitrogens with zero attached hydrogens (tertiary/aromatic N) is 4. The number of hydrogen-bond donors (Lipinski definition) is 2. The molecule has 9 heteroatoms. The van der Waals surface area contributed by atoms with E-state index in [9.17, 15) is 4.79 Å². The Morgan fingerprint density at radius 2 is 1.80 bits per heavy atom. The molecule has 1 aliphatic heterocycles. The first-order valence-electron chi connectivity index (χ1n) is 9.54. The summed E-state index contributed by atoms with van der Waals surface area (Å²) in [7, 11) is 0. The van der Waals surface area contributed by atoms with Crippen LogP contribution in [0.25, 0.3) is 0 Å². The van der Waals surface area contributed by atoms with Gasteiger partial charge in [-0.3, -0.25) is 9.78 Å². The Balaban J connectivity index is 1.43. The van der Waals surface area contributed by atoms with Crippen LogP contribution in [-0.2, 0) is 4.74 Å². The Kier molecular flexibility index (Phi) is 6.20. The first-order valence-corrected chi connectivity index (χ1v) is 10.3. The van der Waals surface area contributed by atoms with Crippen molar-refractivity contribution in [3.8, 4) is 0 Å². The highest BCUT2D eigenvalue weighted by Crippen LogP contribution is 2.21. The number of nitrogens with one attached hydrogen (secondary N) is 2. The van der Waals surface area contributed by atoms with Gasteiger partial charge < -0.3 is 20.3 Å². The number of aryl methyl sites for hydroxylation is 1. The predicted molar refractivity (Wildman–Crippen MR) is 119 cm³/mol. The first-order chi connectivity index (χ1) is 14.6. The quantitative estimate of drug-likeness (QED) is 0.588. The lowest BCUT2D eigenvalue weighted by Gasteiger charge is -2.28. The maximum Gasteiger partial charge on any atom is 0.257 e. The largest absolute Gasteiger partial charge is 0.378 e. The zero-order chi connectivity index (χ0) is 20.9. The van der Waals surface area contributed by atoms with Crippen LogP contribution in [0, 0.1) is 6.92 Å². The molecule has 1 fully saturated rings. The van der Waals surface area contributed by atoms with E-state index in [1.807, 2.05) is 37.3 Å². The first kappa shape index (κ1) is 20.2. The molecule has 3 heterocycles. The van der Waals surface area contributed by atoms with Crippen molar-refractivity contribution in [2.24, 2.45) is 0 Å². The summed E-state index contributed by atoms with van der Waals surface area (Å²) in [6.45, 7) is 4.99. The van der Waals surface area contributed by atoms with E-state index in [1.54, 1.807) is 12.3 Å². The van der Waals surface area contributed by atoms with Gasteiger partial charge in [-0.25, -0.2) is 4.98 Å². The number of pyridine rings is 1. The van der Waals surface area contributed by atoms with E-state index in [4.69, 9.17) is 4.74 Å². The number of amides is 1. The monoisotopic (exact) mass is 468 g/mol. The van der Waals surface area contributed by atoms with Crippen LogP contribution < -0.4 is 15.5 Å². The Hall–Kier alpha value is -3.04. The Morgan fingerprint density at radius 1 is 1.07 bits per heavy atom. The van der Waals surface area contributed by atoms with Gasteiger partial charge in [0.05, 0.1) is 18.8 Å². The molecule has 8 nitrogen and oxygen atoms in total. The lowest BCUT2D eigenvalue weighted by atomic mass is 10.2. The molecule has 1 aliphatic rings. The van der Waals surface area contributed by atoms with Crippen LogP contribution in [0.5, 0.6) is 0 Å². The fourth-order valence-electron chi connectivity index (χ4n) is 3.07. The van der Waals surface area contributed by atoms with Crippen LogP contribution >= 0.6 is 15.9 Å². The number of carbonyl (C=O) groups excluding carboxylic acids is 1. The van der Waals surface area contributed by atoms with Crippen LogP contribution in [0.2, 0.25) is 0 Å². The van der Waals surface area contributed by atoms with E-state index in [0.29, 0.717) is 30.4 Å². The van der Waals surface area contributed by atoms with E-state index in [-0.39, 0.29) is 5.91 Å². The summed E-state index contributed by atoms with van der Waals surface area (Å²) in [5.41, 5.74) is 2.89. The van der Waals surface area contributed by atoms with Crippen molar-refractivity contribution in [2.45, 2.75) is 6.92 Å². The molecular formula is C21H21BrN6O2. The molecule has 0 aliphatic carbocycles. The van der Waals surface area contributed by atoms with Gasteiger partial charge in [-0.1, -0.05) is 0 Å². The standard InChI is InChI=1S/C21H21BrN6O2/c1-14-10-19(28-6-8-30-9-7-28)27-21(24-14)26-18-4-2-17(3-5-18)25-20(29)15-11-16(22)13-23-12-15/h2-5,10-13H,6-9H2,1H3,(H,25,29)(H,24,26,27). The average molecular weight is 469 g/mol. The zero-order valence-corrected chi connectivity index (χ0v) is 18.0. The summed E-state index contributed by atoms with van der Waals surface area (Å²) < 4.78 is 6.17. The molecule has 0 bridgehead atoms. The van der Waals surface area contributed by atoms with Gasteiger partial charge in [0.25, 0.3) is 5.91 Å². The van der Waals surface area contributed by atoms with E-state index >= 15 is 0 Å². The third-order valence-corrected chi connectivity index (χ3v) is 4.98. The molecule has 1 aromatic carbocycles. The molecule has 3 aromatic rings. The van der Waals surface area contributed by atoms with Crippen molar-refractivity contribution in [1.29, 1.82) is 0 Å². The number of ether oxygens (including phenoxy) is 1. The van der Waals surface area contributed by atoms with Gasteiger partial charge in [-0.05, 0) is 53.2 Å². The minimum absolute atomic E-state index is 0.221. The molecule has 2 N–H and O–H groups in total. The van der Waals surface area contributed by atoms with Crippen LogP contribution in [0.15, 0.2) is 53.3 Å². The van der Waals surface area contributed by atoms with Crippen LogP contribution in [0.1, 0.15) is 16.1 Å². The van der Waals surface area contributed by atoms with Crippen LogP contribution in [0.4, 0.5) is 23.1 Å².